The van der Waals surface area contributed by atoms with Crippen molar-refractivity contribution in [3.05, 3.63) is 46.5 Å². The molecule has 3 rings (SSSR count). The Morgan fingerprint density at radius 1 is 1.32 bits per heavy atom. The number of carbonyl (C=O) groups is 2. The fraction of sp³-hybridized carbons (Fsp3) is 0.333. The van der Waals surface area contributed by atoms with Crippen molar-refractivity contribution in [1.82, 2.24) is 4.90 Å². The molecule has 0 bridgehead atoms. The van der Waals surface area contributed by atoms with Crippen molar-refractivity contribution in [2.24, 2.45) is 0 Å². The molecule has 0 aromatic heterocycles. The van der Waals surface area contributed by atoms with Gasteiger partial charge in [-0.3, -0.25) is 9.59 Å². The minimum atomic E-state index is -0.0633. The van der Waals surface area contributed by atoms with Gasteiger partial charge in [0.2, 0.25) is 5.91 Å². The minimum Gasteiger partial charge on any atom is -0.305 e. The molecular formula is C15H15NO2S. The van der Waals surface area contributed by atoms with Crippen LogP contribution in [0.25, 0.3) is 0 Å². The molecule has 1 unspecified atom stereocenters. The fourth-order valence-electron chi connectivity index (χ4n) is 2.54. The number of fused-ring (bicyclic) bond motifs is 1. The maximum Gasteiger partial charge on any atom is 0.240 e. The quantitative estimate of drug-likeness (QED) is 0.778. The van der Waals surface area contributed by atoms with Gasteiger partial charge in [-0.25, -0.2) is 0 Å². The smallest absolute Gasteiger partial charge is 0.240 e. The van der Waals surface area contributed by atoms with Gasteiger partial charge in [0.15, 0.2) is 5.78 Å². The number of hydrogen-bond acceptors (Lipinski definition) is 3. The van der Waals surface area contributed by atoms with Crippen LogP contribution in [0.15, 0.2) is 40.9 Å². The lowest BCUT2D eigenvalue weighted by Gasteiger charge is -2.25. The van der Waals surface area contributed by atoms with Gasteiger partial charge in [-0.15, -0.1) is 0 Å². The second kappa shape index (κ2) is 4.85. The standard InChI is InChI=1S/C15H15NO2S/c1-10-14(18)16-9-5-8-12(15(16)19-10)13(17)11-6-3-2-4-7-11/h2-4,6-7,10H,5,8-9H2,1H3. The summed E-state index contributed by atoms with van der Waals surface area (Å²) in [7, 11) is 0. The zero-order chi connectivity index (χ0) is 13.4. The molecule has 2 heterocycles. The van der Waals surface area contributed by atoms with Crippen LogP contribution in [-0.2, 0) is 4.79 Å². The average molecular weight is 273 g/mol. The summed E-state index contributed by atoms with van der Waals surface area (Å²) >= 11 is 1.52. The van der Waals surface area contributed by atoms with Crippen LogP contribution in [0.1, 0.15) is 30.1 Å². The Morgan fingerprint density at radius 3 is 2.79 bits per heavy atom. The van der Waals surface area contributed by atoms with Gasteiger partial charge in [-0.05, 0) is 19.8 Å². The summed E-state index contributed by atoms with van der Waals surface area (Å²) in [6, 6.07) is 9.31. The van der Waals surface area contributed by atoms with Gasteiger partial charge in [-0.1, -0.05) is 42.1 Å². The van der Waals surface area contributed by atoms with Crippen LogP contribution in [0.3, 0.4) is 0 Å². The van der Waals surface area contributed by atoms with E-state index in [1.165, 1.54) is 11.8 Å². The lowest BCUT2D eigenvalue weighted by Crippen LogP contribution is -2.32. The first-order valence-corrected chi connectivity index (χ1v) is 7.37. The van der Waals surface area contributed by atoms with Gasteiger partial charge < -0.3 is 4.90 Å². The van der Waals surface area contributed by atoms with E-state index in [2.05, 4.69) is 0 Å². The van der Waals surface area contributed by atoms with E-state index in [9.17, 15) is 9.59 Å². The Morgan fingerprint density at radius 2 is 2.05 bits per heavy atom. The number of carbonyl (C=O) groups excluding carboxylic acids is 2. The predicted molar refractivity (Wildman–Crippen MR) is 75.8 cm³/mol. The molecule has 0 radical (unpaired) electrons. The molecule has 1 aromatic rings. The van der Waals surface area contributed by atoms with E-state index < -0.39 is 0 Å². The van der Waals surface area contributed by atoms with Gasteiger partial charge in [0.25, 0.3) is 0 Å². The number of allylic oxidation sites excluding steroid dienone is 1. The molecule has 1 saturated heterocycles. The minimum absolute atomic E-state index is 0.0633. The van der Waals surface area contributed by atoms with Crippen molar-refractivity contribution in [3.8, 4) is 0 Å². The summed E-state index contributed by atoms with van der Waals surface area (Å²) in [4.78, 5) is 26.3. The number of nitrogens with zero attached hydrogens (tertiary/aromatic N) is 1. The SMILES string of the molecule is CC1SC2=C(C(=O)c3ccccc3)CCCN2C1=O. The normalized spacial score (nSPS) is 22.7. The van der Waals surface area contributed by atoms with Crippen LogP contribution in [-0.4, -0.2) is 28.4 Å². The predicted octanol–water partition coefficient (Wildman–Crippen LogP) is 2.84. The molecule has 2 aliphatic rings. The van der Waals surface area contributed by atoms with E-state index in [0.717, 1.165) is 30.0 Å². The van der Waals surface area contributed by atoms with Crippen molar-refractivity contribution in [2.75, 3.05) is 6.54 Å². The maximum absolute atomic E-state index is 12.5. The van der Waals surface area contributed by atoms with E-state index >= 15 is 0 Å². The fourth-order valence-corrected chi connectivity index (χ4v) is 3.75. The van der Waals surface area contributed by atoms with Crippen LogP contribution in [0, 0.1) is 0 Å². The topological polar surface area (TPSA) is 37.4 Å². The number of hydrogen-bond donors (Lipinski definition) is 0. The average Bonchev–Trinajstić information content (AvgIpc) is 2.75. The highest BCUT2D eigenvalue weighted by Gasteiger charge is 2.38. The van der Waals surface area contributed by atoms with Crippen LogP contribution in [0.4, 0.5) is 0 Å². The summed E-state index contributed by atoms with van der Waals surface area (Å²) in [5.74, 6) is 0.202. The van der Waals surface area contributed by atoms with E-state index in [0.29, 0.717) is 5.56 Å². The first kappa shape index (κ1) is 12.5. The Labute approximate surface area is 116 Å². The summed E-state index contributed by atoms with van der Waals surface area (Å²) < 4.78 is 0. The summed E-state index contributed by atoms with van der Waals surface area (Å²) in [6.45, 7) is 2.65. The van der Waals surface area contributed by atoms with Crippen molar-refractivity contribution >= 4 is 23.5 Å². The van der Waals surface area contributed by atoms with Crippen molar-refractivity contribution in [1.29, 1.82) is 0 Å². The lowest BCUT2D eigenvalue weighted by molar-refractivity contribution is -0.127. The molecule has 0 aliphatic carbocycles. The second-order valence-corrected chi connectivity index (χ2v) is 6.16. The molecule has 1 amide bonds. The Hall–Kier alpha value is -1.55. The molecule has 1 aromatic carbocycles. The van der Waals surface area contributed by atoms with E-state index in [-0.39, 0.29) is 16.9 Å². The van der Waals surface area contributed by atoms with Crippen LogP contribution in [0.5, 0.6) is 0 Å². The molecule has 4 heteroatoms. The molecule has 0 saturated carbocycles. The zero-order valence-electron chi connectivity index (χ0n) is 10.8. The molecular weight excluding hydrogens is 258 g/mol. The van der Waals surface area contributed by atoms with E-state index in [1.54, 1.807) is 4.90 Å². The van der Waals surface area contributed by atoms with E-state index in [1.807, 2.05) is 37.3 Å². The second-order valence-electron chi connectivity index (χ2n) is 4.83. The van der Waals surface area contributed by atoms with Gasteiger partial charge in [0.05, 0.1) is 10.3 Å². The van der Waals surface area contributed by atoms with Gasteiger partial charge in [0, 0.05) is 17.7 Å². The molecule has 0 N–H and O–H groups in total. The Bertz CT molecular complexity index is 565. The number of amides is 1. The summed E-state index contributed by atoms with van der Waals surface area (Å²) in [5.41, 5.74) is 1.51. The highest BCUT2D eigenvalue weighted by atomic mass is 32.2. The first-order valence-electron chi connectivity index (χ1n) is 6.49. The molecule has 19 heavy (non-hydrogen) atoms. The summed E-state index contributed by atoms with van der Waals surface area (Å²) in [5, 5.41) is 0.823. The van der Waals surface area contributed by atoms with E-state index in [4.69, 9.17) is 0 Å². The maximum atomic E-state index is 12.5. The first-order chi connectivity index (χ1) is 9.18. The van der Waals surface area contributed by atoms with Crippen molar-refractivity contribution in [3.63, 3.8) is 0 Å². The van der Waals surface area contributed by atoms with Crippen molar-refractivity contribution in [2.45, 2.75) is 25.0 Å². The zero-order valence-corrected chi connectivity index (χ0v) is 11.6. The molecule has 98 valence electrons. The Balaban J connectivity index is 2.00. The number of benzene rings is 1. The molecule has 0 spiro atoms. The number of Topliss-reactive ketones (excluding diaryl/α,β-unsaturated/α-hetero) is 1. The largest absolute Gasteiger partial charge is 0.305 e. The molecule has 3 nitrogen and oxygen atoms in total. The molecule has 1 atom stereocenters. The summed E-state index contributed by atoms with van der Waals surface area (Å²) in [6.07, 6.45) is 1.64. The highest BCUT2D eigenvalue weighted by Crippen LogP contribution is 2.41. The third kappa shape index (κ3) is 2.10. The lowest BCUT2D eigenvalue weighted by atomic mass is 9.98. The van der Waals surface area contributed by atoms with Crippen molar-refractivity contribution < 1.29 is 9.59 Å². The number of thioether (sulfide) groups is 1. The molecule has 2 aliphatic heterocycles. The van der Waals surface area contributed by atoms with Gasteiger partial charge in [0.1, 0.15) is 0 Å². The number of rotatable bonds is 2. The van der Waals surface area contributed by atoms with Gasteiger partial charge >= 0.3 is 0 Å². The molecule has 1 fully saturated rings. The van der Waals surface area contributed by atoms with Crippen LogP contribution < -0.4 is 0 Å². The van der Waals surface area contributed by atoms with Crippen LogP contribution >= 0.6 is 11.8 Å². The number of ketones is 1. The Kier molecular flexibility index (Phi) is 3.19. The van der Waals surface area contributed by atoms with Gasteiger partial charge in [-0.2, -0.15) is 0 Å². The third-order valence-corrected chi connectivity index (χ3v) is 4.77. The van der Waals surface area contributed by atoms with Crippen LogP contribution in [0.2, 0.25) is 0 Å². The monoisotopic (exact) mass is 273 g/mol. The third-order valence-electron chi connectivity index (χ3n) is 3.52. The highest BCUT2D eigenvalue weighted by molar-refractivity contribution is 8.04.